The average Bonchev–Trinajstić information content (AvgIpc) is 3.24. The van der Waals surface area contributed by atoms with Crippen molar-refractivity contribution in [3.8, 4) is 0 Å². The summed E-state index contributed by atoms with van der Waals surface area (Å²) in [7, 11) is 0. The lowest BCUT2D eigenvalue weighted by atomic mass is 10.0. The molecule has 0 heterocycles. The van der Waals surface area contributed by atoms with Gasteiger partial charge in [0.15, 0.2) is 0 Å². The Hall–Kier alpha value is -1.40. The SMILES string of the molecule is CCCCCCC/C=C\CCCCCCCC(=O)OCCCCCCCCCCCC(=O)NC(CO)C(O)CCCCCCCCCCCCCCCCCCCCC. The first kappa shape index (κ1) is 57.6. The van der Waals surface area contributed by atoms with Gasteiger partial charge >= 0.3 is 5.97 Å². The molecule has 3 N–H and O–H groups in total. The Bertz CT molecular complexity index is 878. The van der Waals surface area contributed by atoms with Crippen molar-refractivity contribution >= 4 is 11.9 Å². The fraction of sp³-hybridized carbons (Fsp3) is 0.925. The first-order chi connectivity index (χ1) is 29.0. The van der Waals surface area contributed by atoms with E-state index >= 15 is 0 Å². The molecule has 6 heteroatoms. The van der Waals surface area contributed by atoms with Gasteiger partial charge in [0.2, 0.25) is 5.91 Å². The Morgan fingerprint density at radius 1 is 0.458 bits per heavy atom. The maximum absolute atomic E-state index is 12.5. The smallest absolute Gasteiger partial charge is 0.305 e. The average molecular weight is 834 g/mol. The zero-order chi connectivity index (χ0) is 43.0. The van der Waals surface area contributed by atoms with Crippen molar-refractivity contribution in [1.82, 2.24) is 5.32 Å². The van der Waals surface area contributed by atoms with Crippen LogP contribution in [0.25, 0.3) is 0 Å². The van der Waals surface area contributed by atoms with Gasteiger partial charge in [0.25, 0.3) is 0 Å². The van der Waals surface area contributed by atoms with Crippen molar-refractivity contribution in [2.45, 2.75) is 302 Å². The fourth-order valence-electron chi connectivity index (χ4n) is 8.22. The van der Waals surface area contributed by atoms with Crippen LogP contribution in [0, 0.1) is 0 Å². The molecule has 0 saturated carbocycles. The number of aliphatic hydroxyl groups is 2. The molecule has 350 valence electrons. The predicted octanol–water partition coefficient (Wildman–Crippen LogP) is 15.7. The largest absolute Gasteiger partial charge is 0.466 e. The molecule has 1 amide bonds. The number of rotatable bonds is 49. The normalized spacial score (nSPS) is 12.7. The second-order valence-electron chi connectivity index (χ2n) is 18.2. The molecule has 0 rings (SSSR count). The topological polar surface area (TPSA) is 95.9 Å². The van der Waals surface area contributed by atoms with Crippen LogP contribution in [-0.2, 0) is 14.3 Å². The molecule has 0 aliphatic carbocycles. The number of aliphatic hydroxyl groups excluding tert-OH is 2. The fourth-order valence-corrected chi connectivity index (χ4v) is 8.22. The minimum Gasteiger partial charge on any atom is -0.466 e. The maximum atomic E-state index is 12.5. The van der Waals surface area contributed by atoms with Gasteiger partial charge in [-0.1, -0.05) is 238 Å². The molecule has 0 aliphatic rings. The number of nitrogens with one attached hydrogen (secondary N) is 1. The molecule has 0 spiro atoms. The second kappa shape index (κ2) is 49.3. The van der Waals surface area contributed by atoms with Gasteiger partial charge in [-0.25, -0.2) is 0 Å². The summed E-state index contributed by atoms with van der Waals surface area (Å²) in [6.07, 6.45) is 56.1. The van der Waals surface area contributed by atoms with Gasteiger partial charge in [-0.3, -0.25) is 9.59 Å². The van der Waals surface area contributed by atoms with Gasteiger partial charge < -0.3 is 20.3 Å². The first-order valence-electron chi connectivity index (χ1n) is 26.4. The third-order valence-corrected chi connectivity index (χ3v) is 12.3. The highest BCUT2D eigenvalue weighted by Crippen LogP contribution is 2.17. The lowest BCUT2D eigenvalue weighted by molar-refractivity contribution is -0.143. The minimum atomic E-state index is -0.682. The van der Waals surface area contributed by atoms with E-state index in [1.807, 2.05) is 0 Å². The number of unbranched alkanes of at least 4 members (excludes halogenated alkanes) is 36. The molecule has 6 nitrogen and oxygen atoms in total. The molecule has 59 heavy (non-hydrogen) atoms. The number of ether oxygens (including phenoxy) is 1. The van der Waals surface area contributed by atoms with Crippen molar-refractivity contribution in [3.05, 3.63) is 12.2 Å². The van der Waals surface area contributed by atoms with E-state index in [1.165, 1.54) is 199 Å². The van der Waals surface area contributed by atoms with E-state index in [9.17, 15) is 19.8 Å². The van der Waals surface area contributed by atoms with E-state index in [1.54, 1.807) is 0 Å². The van der Waals surface area contributed by atoms with Crippen molar-refractivity contribution in [2.24, 2.45) is 0 Å². The number of hydrogen-bond acceptors (Lipinski definition) is 5. The van der Waals surface area contributed by atoms with Gasteiger partial charge in [0, 0.05) is 12.8 Å². The molecule has 0 saturated heterocycles. The maximum Gasteiger partial charge on any atom is 0.305 e. The van der Waals surface area contributed by atoms with Crippen LogP contribution in [0.15, 0.2) is 12.2 Å². The number of carbonyl (C=O) groups excluding carboxylic acids is 2. The van der Waals surface area contributed by atoms with Gasteiger partial charge in [0.1, 0.15) is 0 Å². The van der Waals surface area contributed by atoms with E-state index < -0.39 is 12.1 Å². The van der Waals surface area contributed by atoms with Crippen LogP contribution < -0.4 is 5.32 Å². The Labute approximate surface area is 368 Å². The minimum absolute atomic E-state index is 0.0327. The summed E-state index contributed by atoms with van der Waals surface area (Å²) < 4.78 is 5.44. The van der Waals surface area contributed by atoms with E-state index in [0.717, 1.165) is 57.8 Å². The summed E-state index contributed by atoms with van der Waals surface area (Å²) in [6, 6.07) is -0.561. The van der Waals surface area contributed by atoms with Gasteiger partial charge in [-0.15, -0.1) is 0 Å². The van der Waals surface area contributed by atoms with E-state index in [2.05, 4.69) is 31.3 Å². The molecule has 0 fully saturated rings. The summed E-state index contributed by atoms with van der Waals surface area (Å²) in [5.41, 5.74) is 0. The molecule has 0 aromatic rings. The molecule has 0 aliphatic heterocycles. The number of esters is 1. The van der Waals surface area contributed by atoms with Crippen molar-refractivity contribution in [3.63, 3.8) is 0 Å². The summed E-state index contributed by atoms with van der Waals surface area (Å²) >= 11 is 0. The van der Waals surface area contributed by atoms with Crippen LogP contribution >= 0.6 is 0 Å². The van der Waals surface area contributed by atoms with E-state index in [4.69, 9.17) is 4.74 Å². The Kier molecular flexibility index (Phi) is 48.1. The third-order valence-electron chi connectivity index (χ3n) is 12.3. The highest BCUT2D eigenvalue weighted by molar-refractivity contribution is 5.76. The van der Waals surface area contributed by atoms with Crippen LogP contribution in [-0.4, -0.2) is 47.4 Å². The second-order valence-corrected chi connectivity index (χ2v) is 18.2. The molecular formula is C53H103NO5. The first-order valence-corrected chi connectivity index (χ1v) is 26.4. The number of carbonyl (C=O) groups is 2. The summed E-state index contributed by atoms with van der Waals surface area (Å²) in [4.78, 5) is 24.5. The predicted molar refractivity (Wildman–Crippen MR) is 255 cm³/mol. The Morgan fingerprint density at radius 2 is 0.797 bits per heavy atom. The zero-order valence-corrected chi connectivity index (χ0v) is 39.7. The van der Waals surface area contributed by atoms with E-state index in [-0.39, 0.29) is 18.5 Å². The summed E-state index contributed by atoms with van der Waals surface area (Å²) in [5, 5.41) is 23.3. The van der Waals surface area contributed by atoms with Crippen molar-refractivity contribution in [2.75, 3.05) is 13.2 Å². The van der Waals surface area contributed by atoms with Crippen LogP contribution in [0.4, 0.5) is 0 Å². The highest BCUT2D eigenvalue weighted by Gasteiger charge is 2.20. The summed E-state index contributed by atoms with van der Waals surface area (Å²) in [6.45, 7) is 4.89. The van der Waals surface area contributed by atoms with Crippen LogP contribution in [0.2, 0.25) is 0 Å². The number of hydrogen-bond donors (Lipinski definition) is 3. The van der Waals surface area contributed by atoms with Gasteiger partial charge in [-0.2, -0.15) is 0 Å². The van der Waals surface area contributed by atoms with Crippen molar-refractivity contribution < 1.29 is 24.5 Å². The summed E-state index contributed by atoms with van der Waals surface area (Å²) in [5.74, 6) is -0.0935. The standard InChI is InChI=1S/C53H103NO5/c1-3-5-7-9-11-13-15-17-19-20-21-22-23-24-26-29-33-37-41-45-51(56)50(49-55)54-52(57)46-42-38-34-30-28-32-36-40-44-48-59-53(58)47-43-39-35-31-27-25-18-16-14-12-10-8-6-4-2/h16,18,50-51,55-56H,3-15,17,19-49H2,1-2H3,(H,54,57)/b18-16-. The number of amides is 1. The highest BCUT2D eigenvalue weighted by atomic mass is 16.5. The molecule has 0 bridgehead atoms. The lowest BCUT2D eigenvalue weighted by Gasteiger charge is -2.22. The molecule has 0 aromatic carbocycles. The quantitative estimate of drug-likeness (QED) is 0.0322. The zero-order valence-electron chi connectivity index (χ0n) is 39.7. The Morgan fingerprint density at radius 3 is 1.20 bits per heavy atom. The van der Waals surface area contributed by atoms with Gasteiger partial charge in [0.05, 0.1) is 25.4 Å². The van der Waals surface area contributed by atoms with Crippen LogP contribution in [0.1, 0.15) is 290 Å². The molecule has 2 unspecified atom stereocenters. The lowest BCUT2D eigenvalue weighted by Crippen LogP contribution is -2.45. The van der Waals surface area contributed by atoms with E-state index in [0.29, 0.717) is 25.9 Å². The van der Waals surface area contributed by atoms with Crippen LogP contribution in [0.3, 0.4) is 0 Å². The molecular weight excluding hydrogens is 731 g/mol. The van der Waals surface area contributed by atoms with Gasteiger partial charge in [-0.05, 0) is 51.4 Å². The van der Waals surface area contributed by atoms with Crippen LogP contribution in [0.5, 0.6) is 0 Å². The molecule has 0 radical (unpaired) electrons. The number of allylic oxidation sites excluding steroid dienone is 2. The molecule has 0 aromatic heterocycles. The van der Waals surface area contributed by atoms with Crippen molar-refractivity contribution in [1.29, 1.82) is 0 Å². The molecule has 2 atom stereocenters. The third kappa shape index (κ3) is 45.9. The Balaban J connectivity index is 3.49. The monoisotopic (exact) mass is 834 g/mol.